The Morgan fingerprint density at radius 3 is 2.21 bits per heavy atom. The van der Waals surface area contributed by atoms with Crippen molar-refractivity contribution >= 4 is 60.7 Å². The summed E-state index contributed by atoms with van der Waals surface area (Å²) in [5.41, 5.74) is 12.4. The molecule has 0 aliphatic heterocycles. The number of fused-ring (bicyclic) bond motifs is 10. The molecule has 0 bridgehead atoms. The van der Waals surface area contributed by atoms with Gasteiger partial charge in [-0.2, -0.15) is 5.26 Å². The van der Waals surface area contributed by atoms with Gasteiger partial charge >= 0.3 is 0 Å². The van der Waals surface area contributed by atoms with Gasteiger partial charge in [-0.25, -0.2) is 0 Å². The van der Waals surface area contributed by atoms with Gasteiger partial charge < -0.3 is 13.6 Å². The van der Waals surface area contributed by atoms with Crippen LogP contribution in [0.15, 0.2) is 138 Å². The van der Waals surface area contributed by atoms with Crippen LogP contribution < -0.4 is 0 Å². The molecule has 0 radical (unpaired) electrons. The van der Waals surface area contributed by atoms with Gasteiger partial charge in [-0.3, -0.25) is 0 Å². The minimum atomic E-state index is 0.634. The van der Waals surface area contributed by atoms with Crippen molar-refractivity contribution in [1.29, 1.82) is 5.26 Å². The number of hydrogen-bond donors (Lipinski definition) is 0. The van der Waals surface area contributed by atoms with Crippen molar-refractivity contribution < 1.29 is 4.42 Å². The third kappa shape index (κ3) is 3.75. The largest absolute Gasteiger partial charge is 0.454 e. The Hall–Kier alpha value is -6.31. The third-order valence-corrected chi connectivity index (χ3v) is 9.78. The van der Waals surface area contributed by atoms with Gasteiger partial charge in [0.25, 0.3) is 0 Å². The number of nitriles is 1. The van der Waals surface area contributed by atoms with Crippen molar-refractivity contribution in [2.24, 2.45) is 0 Å². The number of para-hydroxylation sites is 3. The minimum absolute atomic E-state index is 0.634. The molecule has 0 atom stereocenters. The van der Waals surface area contributed by atoms with E-state index in [1.165, 1.54) is 27.5 Å². The molecule has 220 valence electrons. The highest BCUT2D eigenvalue weighted by Crippen LogP contribution is 2.41. The molecule has 0 saturated heterocycles. The second-order valence-corrected chi connectivity index (χ2v) is 12.4. The maximum Gasteiger partial charge on any atom is 0.160 e. The second-order valence-electron chi connectivity index (χ2n) is 12.4. The van der Waals surface area contributed by atoms with Gasteiger partial charge in [-0.1, -0.05) is 78.9 Å². The zero-order valence-corrected chi connectivity index (χ0v) is 25.4. The smallest absolute Gasteiger partial charge is 0.160 e. The van der Waals surface area contributed by atoms with E-state index in [1.54, 1.807) is 0 Å². The van der Waals surface area contributed by atoms with Gasteiger partial charge in [0.2, 0.25) is 0 Å². The van der Waals surface area contributed by atoms with Crippen LogP contribution in [0, 0.1) is 11.3 Å². The zero-order chi connectivity index (χ0) is 31.1. The van der Waals surface area contributed by atoms with E-state index in [0.717, 1.165) is 73.7 Å². The normalized spacial score (nSPS) is 12.8. The summed E-state index contributed by atoms with van der Waals surface area (Å²) in [6.45, 7) is 0. The van der Waals surface area contributed by atoms with Crippen molar-refractivity contribution in [2.75, 3.05) is 0 Å². The number of rotatable bonds is 3. The lowest BCUT2D eigenvalue weighted by molar-refractivity contribution is 0.671. The van der Waals surface area contributed by atoms with Gasteiger partial charge in [0.05, 0.1) is 28.2 Å². The lowest BCUT2D eigenvalue weighted by atomic mass is 10.0. The van der Waals surface area contributed by atoms with Crippen molar-refractivity contribution in [3.05, 3.63) is 150 Å². The van der Waals surface area contributed by atoms with Crippen LogP contribution in [0.5, 0.6) is 0 Å². The number of nitrogens with zero attached hydrogens (tertiary/aromatic N) is 3. The summed E-state index contributed by atoms with van der Waals surface area (Å²) in [6.07, 6.45) is 6.55. The van der Waals surface area contributed by atoms with E-state index in [-0.39, 0.29) is 0 Å². The van der Waals surface area contributed by atoms with Crippen LogP contribution in [0.25, 0.3) is 83.2 Å². The molecule has 4 heteroatoms. The molecule has 10 rings (SSSR count). The fourth-order valence-electron chi connectivity index (χ4n) is 7.76. The molecule has 9 aromatic rings. The quantitative estimate of drug-likeness (QED) is 0.202. The molecule has 1 aliphatic rings. The molecule has 0 fully saturated rings. The first-order valence-electron chi connectivity index (χ1n) is 16.1. The Morgan fingerprint density at radius 2 is 1.34 bits per heavy atom. The molecule has 47 heavy (non-hydrogen) atoms. The van der Waals surface area contributed by atoms with E-state index >= 15 is 0 Å². The van der Waals surface area contributed by atoms with Crippen LogP contribution in [0.1, 0.15) is 23.2 Å². The molecule has 6 aromatic carbocycles. The lowest BCUT2D eigenvalue weighted by Gasteiger charge is -2.15. The van der Waals surface area contributed by atoms with Gasteiger partial charge in [0.15, 0.2) is 5.58 Å². The van der Waals surface area contributed by atoms with Gasteiger partial charge in [0.1, 0.15) is 5.58 Å². The van der Waals surface area contributed by atoms with E-state index in [0.29, 0.717) is 5.56 Å². The summed E-state index contributed by atoms with van der Waals surface area (Å²) in [6, 6.07) is 47.1. The summed E-state index contributed by atoms with van der Waals surface area (Å²) >= 11 is 0. The first-order valence-corrected chi connectivity index (χ1v) is 16.1. The monoisotopic (exact) mass is 601 g/mol. The van der Waals surface area contributed by atoms with Crippen LogP contribution in [-0.4, -0.2) is 9.13 Å². The van der Waals surface area contributed by atoms with E-state index in [1.807, 2.05) is 24.3 Å². The molecular weight excluding hydrogens is 574 g/mol. The first kappa shape index (κ1) is 26.0. The van der Waals surface area contributed by atoms with E-state index in [9.17, 15) is 5.26 Å². The summed E-state index contributed by atoms with van der Waals surface area (Å²) in [5, 5.41) is 16.0. The molecule has 0 amide bonds. The van der Waals surface area contributed by atoms with E-state index in [2.05, 4.69) is 130 Å². The number of aromatic nitrogens is 2. The van der Waals surface area contributed by atoms with Crippen LogP contribution in [-0.2, 0) is 6.42 Å². The molecule has 0 spiro atoms. The maximum atomic E-state index is 10.2. The summed E-state index contributed by atoms with van der Waals surface area (Å²) in [5.74, 6) is 0. The highest BCUT2D eigenvalue weighted by atomic mass is 16.3. The summed E-state index contributed by atoms with van der Waals surface area (Å²) in [4.78, 5) is 0. The SMILES string of the molecule is N#Cc1cc(-c2cccc(-n3c4ccccc4c4ccc5c6ccccc6oc5c43)c2)cc(-n2c3c(c4ccccc42)CCC=C3)c1. The number of aryl methyl sites for hydroxylation is 1. The molecule has 1 aliphatic carbocycles. The number of furan rings is 1. The highest BCUT2D eigenvalue weighted by Gasteiger charge is 2.21. The molecule has 3 aromatic heterocycles. The molecule has 0 N–H and O–H groups in total. The summed E-state index contributed by atoms with van der Waals surface area (Å²) in [7, 11) is 0. The molecular formula is C43H27N3O. The van der Waals surface area contributed by atoms with Crippen molar-refractivity contribution in [2.45, 2.75) is 12.8 Å². The van der Waals surface area contributed by atoms with Gasteiger partial charge in [-0.15, -0.1) is 0 Å². The molecule has 4 nitrogen and oxygen atoms in total. The van der Waals surface area contributed by atoms with Crippen molar-refractivity contribution in [3.63, 3.8) is 0 Å². The number of allylic oxidation sites excluding steroid dienone is 1. The number of hydrogen-bond acceptors (Lipinski definition) is 2. The maximum absolute atomic E-state index is 10.2. The second kappa shape index (κ2) is 9.84. The van der Waals surface area contributed by atoms with Gasteiger partial charge in [-0.05, 0) is 90.2 Å². The average Bonchev–Trinajstić information content (AvgIpc) is 3.79. The molecule has 0 unspecified atom stereocenters. The standard InChI is InChI=1S/C43H27N3O/c44-26-27-22-29(25-31(23-27)45-38-16-5-1-12-32(38)33-13-2-6-17-39(33)45)28-10-9-11-30(24-28)46-40-18-7-3-14-34(40)36-20-21-37-35-15-4-8-19-41(35)47-43(37)42(36)46/h1,3-12,14-25H,2,13H2. The predicted molar refractivity (Wildman–Crippen MR) is 192 cm³/mol. The Balaban J connectivity index is 1.21. The predicted octanol–water partition coefficient (Wildman–Crippen LogP) is 11.1. The highest BCUT2D eigenvalue weighted by molar-refractivity contribution is 6.21. The number of benzene rings is 6. The lowest BCUT2D eigenvalue weighted by Crippen LogP contribution is -2.01. The first-order chi connectivity index (χ1) is 23.3. The van der Waals surface area contributed by atoms with Crippen LogP contribution in [0.3, 0.4) is 0 Å². The fourth-order valence-corrected chi connectivity index (χ4v) is 7.76. The molecule has 3 heterocycles. The minimum Gasteiger partial charge on any atom is -0.454 e. The third-order valence-electron chi connectivity index (χ3n) is 9.78. The summed E-state index contributed by atoms with van der Waals surface area (Å²) < 4.78 is 11.2. The molecule has 0 saturated carbocycles. The van der Waals surface area contributed by atoms with E-state index in [4.69, 9.17) is 4.42 Å². The van der Waals surface area contributed by atoms with Gasteiger partial charge in [0, 0.05) is 44.0 Å². The van der Waals surface area contributed by atoms with Crippen molar-refractivity contribution in [1.82, 2.24) is 9.13 Å². The average molecular weight is 602 g/mol. The fraction of sp³-hybridized carbons (Fsp3) is 0.0465. The van der Waals surface area contributed by atoms with Crippen LogP contribution >= 0.6 is 0 Å². The van der Waals surface area contributed by atoms with Crippen LogP contribution in [0.4, 0.5) is 0 Å². The van der Waals surface area contributed by atoms with E-state index < -0.39 is 0 Å². The van der Waals surface area contributed by atoms with Crippen molar-refractivity contribution in [3.8, 4) is 28.6 Å². The Bertz CT molecular complexity index is 2820. The Morgan fingerprint density at radius 1 is 0.596 bits per heavy atom. The zero-order valence-electron chi connectivity index (χ0n) is 25.4. The topological polar surface area (TPSA) is 46.8 Å². The van der Waals surface area contributed by atoms with Crippen LogP contribution in [0.2, 0.25) is 0 Å². The Kier molecular flexibility index (Phi) is 5.44. The Labute approximate surface area is 270 Å².